The van der Waals surface area contributed by atoms with E-state index in [9.17, 15) is 14.3 Å². The third-order valence-electron chi connectivity index (χ3n) is 4.25. The Labute approximate surface area is 117 Å². The normalized spacial score (nSPS) is 29.1. The molecule has 20 heavy (non-hydrogen) atoms. The Kier molecular flexibility index (Phi) is 3.57. The third kappa shape index (κ3) is 2.61. The number of fused-ring (bicyclic) bond motifs is 2. The topological polar surface area (TPSA) is 40.5 Å². The van der Waals surface area contributed by atoms with Crippen LogP contribution < -0.4 is 0 Å². The van der Waals surface area contributed by atoms with Gasteiger partial charge >= 0.3 is 0 Å². The maximum absolute atomic E-state index is 12.8. The van der Waals surface area contributed by atoms with Gasteiger partial charge in [-0.25, -0.2) is 4.39 Å². The number of hydrogen-bond donors (Lipinski definition) is 1. The summed E-state index contributed by atoms with van der Waals surface area (Å²) in [6.45, 7) is 0. The highest BCUT2D eigenvalue weighted by Gasteiger charge is 2.41. The SMILES string of the molecule is O=C(C=Cc1ccc(F)cc1)N1C2CCC1CC(O)C2. The van der Waals surface area contributed by atoms with Crippen LogP contribution in [0.3, 0.4) is 0 Å². The van der Waals surface area contributed by atoms with Gasteiger partial charge in [-0.05, 0) is 49.5 Å². The van der Waals surface area contributed by atoms with Gasteiger partial charge in [-0.1, -0.05) is 12.1 Å². The van der Waals surface area contributed by atoms with Gasteiger partial charge in [0, 0.05) is 18.2 Å². The third-order valence-corrected chi connectivity index (χ3v) is 4.25. The van der Waals surface area contributed by atoms with Crippen LogP contribution in [0.4, 0.5) is 4.39 Å². The molecule has 0 aliphatic carbocycles. The van der Waals surface area contributed by atoms with E-state index < -0.39 is 0 Å². The minimum atomic E-state index is -0.281. The predicted octanol–water partition coefficient (Wildman–Crippen LogP) is 2.35. The first kappa shape index (κ1) is 13.3. The van der Waals surface area contributed by atoms with E-state index in [0.717, 1.165) is 18.4 Å². The summed E-state index contributed by atoms with van der Waals surface area (Å²) in [5.74, 6) is -0.287. The summed E-state index contributed by atoms with van der Waals surface area (Å²) in [6.07, 6.45) is 6.34. The molecular weight excluding hydrogens is 257 g/mol. The number of halogens is 1. The van der Waals surface area contributed by atoms with Gasteiger partial charge in [0.1, 0.15) is 5.82 Å². The smallest absolute Gasteiger partial charge is 0.247 e. The van der Waals surface area contributed by atoms with Crippen LogP contribution in [0.1, 0.15) is 31.2 Å². The van der Waals surface area contributed by atoms with Crippen LogP contribution in [-0.4, -0.2) is 34.1 Å². The standard InChI is InChI=1S/C16H18FNO2/c17-12-4-1-11(2-5-12)3-8-16(20)18-13-6-7-14(18)10-15(19)9-13/h1-5,8,13-15,19H,6-7,9-10H2. The van der Waals surface area contributed by atoms with Crippen LogP contribution in [-0.2, 0) is 4.79 Å². The molecule has 0 spiro atoms. The van der Waals surface area contributed by atoms with Crippen molar-refractivity contribution in [1.29, 1.82) is 0 Å². The Hall–Kier alpha value is -1.68. The lowest BCUT2D eigenvalue weighted by atomic mass is 10.00. The monoisotopic (exact) mass is 275 g/mol. The molecule has 3 rings (SSSR count). The van der Waals surface area contributed by atoms with Crippen molar-refractivity contribution in [2.24, 2.45) is 0 Å². The fourth-order valence-electron chi connectivity index (χ4n) is 3.34. The number of carbonyl (C=O) groups is 1. The van der Waals surface area contributed by atoms with Gasteiger partial charge in [-0.3, -0.25) is 4.79 Å². The van der Waals surface area contributed by atoms with Crippen molar-refractivity contribution in [2.45, 2.75) is 43.9 Å². The number of piperidine rings is 1. The number of amides is 1. The second-order valence-electron chi connectivity index (χ2n) is 5.64. The van der Waals surface area contributed by atoms with Crippen molar-refractivity contribution in [2.75, 3.05) is 0 Å². The molecule has 1 N–H and O–H groups in total. The lowest BCUT2D eigenvalue weighted by Crippen LogP contribution is -2.47. The zero-order valence-corrected chi connectivity index (χ0v) is 11.2. The van der Waals surface area contributed by atoms with E-state index >= 15 is 0 Å². The van der Waals surface area contributed by atoms with E-state index in [1.807, 2.05) is 4.90 Å². The Morgan fingerprint density at radius 3 is 2.40 bits per heavy atom. The molecule has 2 saturated heterocycles. The molecule has 2 atom stereocenters. The molecule has 2 aliphatic rings. The predicted molar refractivity (Wildman–Crippen MR) is 74.3 cm³/mol. The van der Waals surface area contributed by atoms with Crippen LogP contribution in [0.5, 0.6) is 0 Å². The second-order valence-corrected chi connectivity index (χ2v) is 5.64. The second kappa shape index (κ2) is 5.37. The van der Waals surface area contributed by atoms with Gasteiger partial charge in [0.15, 0.2) is 0 Å². The molecule has 1 aromatic carbocycles. The van der Waals surface area contributed by atoms with Crippen molar-refractivity contribution in [3.63, 3.8) is 0 Å². The van der Waals surface area contributed by atoms with Crippen LogP contribution in [0.25, 0.3) is 6.08 Å². The number of carbonyl (C=O) groups excluding carboxylic acids is 1. The average Bonchev–Trinajstić information content (AvgIpc) is 2.70. The van der Waals surface area contributed by atoms with Crippen molar-refractivity contribution >= 4 is 12.0 Å². The van der Waals surface area contributed by atoms with Crippen molar-refractivity contribution in [3.8, 4) is 0 Å². The van der Waals surface area contributed by atoms with Gasteiger partial charge in [-0.15, -0.1) is 0 Å². The number of hydrogen-bond acceptors (Lipinski definition) is 2. The van der Waals surface area contributed by atoms with Gasteiger partial charge in [0.25, 0.3) is 0 Å². The first-order valence-electron chi connectivity index (χ1n) is 7.07. The summed E-state index contributed by atoms with van der Waals surface area (Å²) < 4.78 is 12.8. The zero-order chi connectivity index (χ0) is 14.1. The Morgan fingerprint density at radius 2 is 1.80 bits per heavy atom. The minimum Gasteiger partial charge on any atom is -0.393 e. The summed E-state index contributed by atoms with van der Waals surface area (Å²) in [4.78, 5) is 14.2. The Balaban J connectivity index is 1.69. The van der Waals surface area contributed by atoms with Crippen LogP contribution in [0, 0.1) is 5.82 Å². The summed E-state index contributed by atoms with van der Waals surface area (Å²) in [6, 6.07) is 6.40. The Bertz CT molecular complexity index is 512. The number of benzene rings is 1. The van der Waals surface area contributed by atoms with Gasteiger partial charge in [0.05, 0.1) is 6.10 Å². The molecule has 4 heteroatoms. The van der Waals surface area contributed by atoms with Crippen molar-refractivity contribution in [1.82, 2.24) is 4.90 Å². The van der Waals surface area contributed by atoms with Gasteiger partial charge < -0.3 is 10.0 Å². The molecule has 1 aromatic rings. The quantitative estimate of drug-likeness (QED) is 0.842. The number of rotatable bonds is 2. The van der Waals surface area contributed by atoms with E-state index in [2.05, 4.69) is 0 Å². The largest absolute Gasteiger partial charge is 0.393 e. The van der Waals surface area contributed by atoms with Crippen LogP contribution >= 0.6 is 0 Å². The van der Waals surface area contributed by atoms with E-state index in [-0.39, 0.29) is 29.9 Å². The van der Waals surface area contributed by atoms with E-state index in [1.54, 1.807) is 24.3 Å². The average molecular weight is 275 g/mol. The summed E-state index contributed by atoms with van der Waals surface area (Å²) in [5, 5.41) is 9.73. The highest BCUT2D eigenvalue weighted by molar-refractivity contribution is 5.92. The molecule has 106 valence electrons. The molecule has 0 saturated carbocycles. The summed E-state index contributed by atoms with van der Waals surface area (Å²) in [5.41, 5.74) is 0.809. The van der Waals surface area contributed by atoms with Crippen molar-refractivity contribution in [3.05, 3.63) is 41.7 Å². The van der Waals surface area contributed by atoms with E-state index in [4.69, 9.17) is 0 Å². The molecule has 2 fully saturated rings. The molecule has 2 bridgehead atoms. The molecule has 2 unspecified atom stereocenters. The number of aliphatic hydroxyl groups excluding tert-OH is 1. The molecule has 1 amide bonds. The zero-order valence-electron chi connectivity index (χ0n) is 11.2. The Morgan fingerprint density at radius 1 is 1.20 bits per heavy atom. The number of aliphatic hydroxyl groups is 1. The maximum atomic E-state index is 12.8. The minimum absolute atomic E-state index is 0.00581. The summed E-state index contributed by atoms with van der Waals surface area (Å²) >= 11 is 0. The fourth-order valence-corrected chi connectivity index (χ4v) is 3.34. The van der Waals surface area contributed by atoms with Gasteiger partial charge in [0.2, 0.25) is 5.91 Å². The maximum Gasteiger partial charge on any atom is 0.247 e. The lowest BCUT2D eigenvalue weighted by Gasteiger charge is -2.36. The molecule has 2 aliphatic heterocycles. The van der Waals surface area contributed by atoms with Crippen LogP contribution in [0.2, 0.25) is 0 Å². The van der Waals surface area contributed by atoms with Crippen molar-refractivity contribution < 1.29 is 14.3 Å². The van der Waals surface area contributed by atoms with E-state index in [0.29, 0.717) is 12.8 Å². The fraction of sp³-hybridized carbons (Fsp3) is 0.438. The first-order valence-corrected chi connectivity index (χ1v) is 7.07. The molecule has 3 nitrogen and oxygen atoms in total. The summed E-state index contributed by atoms with van der Waals surface area (Å²) in [7, 11) is 0. The molecule has 2 heterocycles. The molecule has 0 radical (unpaired) electrons. The van der Waals surface area contributed by atoms with Crippen LogP contribution in [0.15, 0.2) is 30.3 Å². The highest BCUT2D eigenvalue weighted by Crippen LogP contribution is 2.35. The molecular formula is C16H18FNO2. The lowest BCUT2D eigenvalue weighted by molar-refractivity contribution is -0.131. The van der Waals surface area contributed by atoms with Gasteiger partial charge in [-0.2, -0.15) is 0 Å². The molecule has 0 aromatic heterocycles. The highest BCUT2D eigenvalue weighted by atomic mass is 19.1. The number of nitrogens with zero attached hydrogens (tertiary/aromatic N) is 1. The first-order chi connectivity index (χ1) is 9.63. The van der Waals surface area contributed by atoms with E-state index in [1.165, 1.54) is 12.1 Å².